The van der Waals surface area contributed by atoms with Gasteiger partial charge in [0, 0.05) is 9.50 Å². The summed E-state index contributed by atoms with van der Waals surface area (Å²) in [6, 6.07) is 14.1. The Bertz CT molecular complexity index is 572. The molecule has 0 fully saturated rings. The number of hydrazine groups is 1. The van der Waals surface area contributed by atoms with Crippen molar-refractivity contribution in [1.82, 2.24) is 5.43 Å². The van der Waals surface area contributed by atoms with Gasteiger partial charge in [-0.2, -0.15) is 0 Å². The van der Waals surface area contributed by atoms with Crippen molar-refractivity contribution in [2.75, 3.05) is 0 Å². The van der Waals surface area contributed by atoms with E-state index in [-0.39, 0.29) is 6.04 Å². The summed E-state index contributed by atoms with van der Waals surface area (Å²) in [6.07, 6.45) is 0.791. The number of hydrogen-bond acceptors (Lipinski definition) is 2. The molecule has 0 heterocycles. The van der Waals surface area contributed by atoms with E-state index in [1.165, 1.54) is 5.56 Å². The molecule has 4 heteroatoms. The molecule has 2 aromatic carbocycles. The summed E-state index contributed by atoms with van der Waals surface area (Å²) in [5.41, 5.74) is 6.39. The lowest BCUT2D eigenvalue weighted by molar-refractivity contribution is 0.549. The summed E-state index contributed by atoms with van der Waals surface area (Å²) in [6.45, 7) is 2.07. The highest BCUT2D eigenvalue weighted by atomic mass is 79.9. The summed E-state index contributed by atoms with van der Waals surface area (Å²) >= 11 is 9.64. The molecular formula is C15H16BrClN2. The normalized spacial score (nSPS) is 12.4. The molecule has 0 bridgehead atoms. The fourth-order valence-electron chi connectivity index (χ4n) is 2.10. The van der Waals surface area contributed by atoms with Crippen LogP contribution in [0.25, 0.3) is 0 Å². The molecule has 0 aromatic heterocycles. The highest BCUT2D eigenvalue weighted by Gasteiger charge is 2.14. The van der Waals surface area contributed by atoms with Crippen LogP contribution < -0.4 is 11.3 Å². The number of rotatable bonds is 4. The lowest BCUT2D eigenvalue weighted by Gasteiger charge is -2.19. The second-order valence-corrected chi connectivity index (χ2v) is 5.76. The molecule has 1 atom stereocenters. The SMILES string of the molecule is Cc1cccc(C(Cc2cccc(Cl)c2)NN)c1Br. The molecule has 0 saturated heterocycles. The van der Waals surface area contributed by atoms with Crippen LogP contribution in [0.2, 0.25) is 5.02 Å². The molecule has 0 aliphatic heterocycles. The average molecular weight is 340 g/mol. The van der Waals surface area contributed by atoms with Crippen molar-refractivity contribution in [2.45, 2.75) is 19.4 Å². The topological polar surface area (TPSA) is 38.0 Å². The largest absolute Gasteiger partial charge is 0.271 e. The Morgan fingerprint density at radius 1 is 1.26 bits per heavy atom. The first kappa shape index (κ1) is 14.5. The molecule has 0 aliphatic rings. The fourth-order valence-corrected chi connectivity index (χ4v) is 2.85. The Labute approximate surface area is 127 Å². The maximum atomic E-state index is 6.01. The third kappa shape index (κ3) is 3.57. The highest BCUT2D eigenvalue weighted by molar-refractivity contribution is 9.10. The van der Waals surface area contributed by atoms with Crippen LogP contribution in [0.5, 0.6) is 0 Å². The van der Waals surface area contributed by atoms with E-state index in [2.05, 4.69) is 46.5 Å². The second kappa shape index (κ2) is 6.53. The smallest absolute Gasteiger partial charge is 0.0511 e. The van der Waals surface area contributed by atoms with E-state index in [0.29, 0.717) is 0 Å². The minimum atomic E-state index is 0.0488. The van der Waals surface area contributed by atoms with Gasteiger partial charge in [-0.3, -0.25) is 11.3 Å². The summed E-state index contributed by atoms with van der Waals surface area (Å²) in [4.78, 5) is 0. The van der Waals surface area contributed by atoms with Crippen LogP contribution in [0, 0.1) is 6.92 Å². The van der Waals surface area contributed by atoms with E-state index in [0.717, 1.165) is 27.0 Å². The third-order valence-electron chi connectivity index (χ3n) is 3.13. The fraction of sp³-hybridized carbons (Fsp3) is 0.200. The van der Waals surface area contributed by atoms with Gasteiger partial charge in [0.1, 0.15) is 0 Å². The first-order chi connectivity index (χ1) is 9.11. The standard InChI is InChI=1S/C15H16BrClN2/c1-10-4-2-7-13(15(10)16)14(19-18)9-11-5-3-6-12(17)8-11/h2-8,14,19H,9,18H2,1H3. The molecule has 0 amide bonds. The molecule has 3 N–H and O–H groups in total. The van der Waals surface area contributed by atoms with Crippen molar-refractivity contribution in [3.8, 4) is 0 Å². The molecule has 2 rings (SSSR count). The minimum absolute atomic E-state index is 0.0488. The number of nitrogens with one attached hydrogen (secondary N) is 1. The van der Waals surface area contributed by atoms with Crippen LogP contribution in [0.4, 0.5) is 0 Å². The number of aryl methyl sites for hydroxylation is 1. The van der Waals surface area contributed by atoms with Gasteiger partial charge in [-0.1, -0.05) is 57.9 Å². The van der Waals surface area contributed by atoms with Crippen molar-refractivity contribution in [2.24, 2.45) is 5.84 Å². The van der Waals surface area contributed by atoms with Crippen molar-refractivity contribution in [1.29, 1.82) is 0 Å². The predicted octanol–water partition coefficient (Wildman–Crippen LogP) is 4.16. The van der Waals surface area contributed by atoms with Gasteiger partial charge in [0.05, 0.1) is 6.04 Å². The van der Waals surface area contributed by atoms with Gasteiger partial charge in [-0.05, 0) is 42.2 Å². The predicted molar refractivity (Wildman–Crippen MR) is 84.1 cm³/mol. The first-order valence-corrected chi connectivity index (χ1v) is 7.24. The quantitative estimate of drug-likeness (QED) is 0.648. The average Bonchev–Trinajstić information content (AvgIpc) is 2.40. The van der Waals surface area contributed by atoms with Crippen molar-refractivity contribution in [3.63, 3.8) is 0 Å². The molecule has 2 aromatic rings. The summed E-state index contributed by atoms with van der Waals surface area (Å²) < 4.78 is 1.10. The van der Waals surface area contributed by atoms with Gasteiger partial charge in [0.2, 0.25) is 0 Å². The Kier molecular flexibility index (Phi) is 4.99. The van der Waals surface area contributed by atoms with Crippen LogP contribution in [0.1, 0.15) is 22.7 Å². The zero-order valence-corrected chi connectivity index (χ0v) is 13.0. The van der Waals surface area contributed by atoms with Crippen LogP contribution in [0.15, 0.2) is 46.9 Å². The number of benzene rings is 2. The maximum absolute atomic E-state index is 6.01. The second-order valence-electron chi connectivity index (χ2n) is 4.53. The van der Waals surface area contributed by atoms with Crippen molar-refractivity contribution >= 4 is 27.5 Å². The Morgan fingerprint density at radius 3 is 2.68 bits per heavy atom. The molecule has 100 valence electrons. The van der Waals surface area contributed by atoms with Gasteiger partial charge < -0.3 is 0 Å². The lowest BCUT2D eigenvalue weighted by atomic mass is 9.98. The Morgan fingerprint density at radius 2 is 2.00 bits per heavy atom. The number of hydrogen-bond donors (Lipinski definition) is 2. The molecule has 2 nitrogen and oxygen atoms in total. The van der Waals surface area contributed by atoms with Gasteiger partial charge in [0.15, 0.2) is 0 Å². The van der Waals surface area contributed by atoms with Gasteiger partial charge >= 0.3 is 0 Å². The summed E-state index contributed by atoms with van der Waals surface area (Å²) in [7, 11) is 0. The van der Waals surface area contributed by atoms with Gasteiger partial charge in [-0.25, -0.2) is 0 Å². The molecule has 0 spiro atoms. The molecule has 0 aliphatic carbocycles. The van der Waals surface area contributed by atoms with Gasteiger partial charge in [0.25, 0.3) is 0 Å². The van der Waals surface area contributed by atoms with E-state index in [1.54, 1.807) is 0 Å². The zero-order valence-electron chi connectivity index (χ0n) is 10.7. The third-order valence-corrected chi connectivity index (χ3v) is 4.45. The van der Waals surface area contributed by atoms with Crippen LogP contribution in [-0.4, -0.2) is 0 Å². The summed E-state index contributed by atoms with van der Waals surface area (Å²) in [5.74, 6) is 5.71. The van der Waals surface area contributed by atoms with E-state index in [4.69, 9.17) is 17.4 Å². The number of nitrogens with two attached hydrogens (primary N) is 1. The van der Waals surface area contributed by atoms with E-state index < -0.39 is 0 Å². The maximum Gasteiger partial charge on any atom is 0.0511 e. The van der Waals surface area contributed by atoms with Gasteiger partial charge in [-0.15, -0.1) is 0 Å². The Hall–Kier alpha value is -0.870. The van der Waals surface area contributed by atoms with Crippen LogP contribution in [-0.2, 0) is 6.42 Å². The molecule has 0 saturated carbocycles. The van der Waals surface area contributed by atoms with Crippen molar-refractivity contribution in [3.05, 3.63) is 68.7 Å². The highest BCUT2D eigenvalue weighted by Crippen LogP contribution is 2.28. The minimum Gasteiger partial charge on any atom is -0.271 e. The number of halogens is 2. The van der Waals surface area contributed by atoms with Crippen molar-refractivity contribution < 1.29 is 0 Å². The molecule has 1 unspecified atom stereocenters. The van der Waals surface area contributed by atoms with E-state index in [1.807, 2.05) is 24.3 Å². The summed E-state index contributed by atoms with van der Waals surface area (Å²) in [5, 5.41) is 0.747. The van der Waals surface area contributed by atoms with Crippen LogP contribution in [0.3, 0.4) is 0 Å². The molecule has 0 radical (unpaired) electrons. The Balaban J connectivity index is 2.28. The zero-order chi connectivity index (χ0) is 13.8. The van der Waals surface area contributed by atoms with Crippen LogP contribution >= 0.6 is 27.5 Å². The first-order valence-electron chi connectivity index (χ1n) is 6.07. The van der Waals surface area contributed by atoms with E-state index in [9.17, 15) is 0 Å². The molecule has 19 heavy (non-hydrogen) atoms. The molecular weight excluding hydrogens is 324 g/mol. The lowest BCUT2D eigenvalue weighted by Crippen LogP contribution is -2.30. The monoisotopic (exact) mass is 338 g/mol. The van der Waals surface area contributed by atoms with E-state index >= 15 is 0 Å².